The molecule has 1 nitrogen and oxygen atoms in total. The lowest BCUT2D eigenvalue weighted by Gasteiger charge is -1.95. The number of aliphatic hydroxyl groups is 1. The minimum absolute atomic E-state index is 0.131. The normalized spacial score (nSPS) is 21.1. The molecule has 7 heavy (non-hydrogen) atoms. The molecule has 1 aliphatic rings. The van der Waals surface area contributed by atoms with E-state index in [4.69, 9.17) is 5.11 Å². The summed E-state index contributed by atoms with van der Waals surface area (Å²) in [5.74, 6) is 0. The average molecular weight is 98.1 g/mol. The zero-order chi connectivity index (χ0) is 5.28. The number of aliphatic hydroxyl groups excluding tert-OH is 1. The second kappa shape index (κ2) is 1.66. The van der Waals surface area contributed by atoms with Crippen LogP contribution in [0, 0.1) is 0 Å². The molecule has 0 heterocycles. The summed E-state index contributed by atoms with van der Waals surface area (Å²) >= 11 is 0. The van der Waals surface area contributed by atoms with Gasteiger partial charge in [0.2, 0.25) is 0 Å². The van der Waals surface area contributed by atoms with Gasteiger partial charge in [0.05, 0.1) is 6.10 Å². The van der Waals surface area contributed by atoms with E-state index in [2.05, 4.69) is 6.08 Å². The fraction of sp³-hybridized carbons (Fsp3) is 0.667. The largest absolute Gasteiger partial charge is 0.393 e. The molecule has 0 saturated heterocycles. The maximum atomic E-state index is 8.72. The van der Waals surface area contributed by atoms with Crippen LogP contribution < -0.4 is 0 Å². The number of hydrogen-bond acceptors (Lipinski definition) is 1. The number of allylic oxidation sites excluding steroid dienone is 1. The SMILES string of the molecule is CC(O)CC1=CC1. The molecule has 1 aliphatic carbocycles. The van der Waals surface area contributed by atoms with Gasteiger partial charge in [-0.1, -0.05) is 11.6 Å². The molecule has 1 N–H and O–H groups in total. The summed E-state index contributed by atoms with van der Waals surface area (Å²) in [6.07, 6.45) is 4.05. The molecule has 0 radical (unpaired) electrons. The Bertz CT molecular complexity index is 92.4. The van der Waals surface area contributed by atoms with Crippen LogP contribution in [0.3, 0.4) is 0 Å². The second-order valence-corrected chi connectivity index (χ2v) is 2.12. The summed E-state index contributed by atoms with van der Waals surface area (Å²) in [6.45, 7) is 1.82. The topological polar surface area (TPSA) is 20.2 Å². The van der Waals surface area contributed by atoms with Crippen molar-refractivity contribution in [2.45, 2.75) is 25.9 Å². The van der Waals surface area contributed by atoms with E-state index in [1.807, 2.05) is 6.92 Å². The van der Waals surface area contributed by atoms with Gasteiger partial charge in [-0.25, -0.2) is 0 Å². The second-order valence-electron chi connectivity index (χ2n) is 2.12. The first-order valence-corrected chi connectivity index (χ1v) is 2.65. The highest BCUT2D eigenvalue weighted by Gasteiger charge is 2.08. The van der Waals surface area contributed by atoms with Crippen molar-refractivity contribution in [2.24, 2.45) is 0 Å². The summed E-state index contributed by atoms with van der Waals surface area (Å²) in [7, 11) is 0. The summed E-state index contributed by atoms with van der Waals surface area (Å²) in [5.41, 5.74) is 1.41. The zero-order valence-corrected chi connectivity index (χ0v) is 4.52. The molecule has 0 saturated carbocycles. The van der Waals surface area contributed by atoms with Gasteiger partial charge in [0.1, 0.15) is 0 Å². The van der Waals surface area contributed by atoms with E-state index >= 15 is 0 Å². The van der Waals surface area contributed by atoms with Gasteiger partial charge in [0, 0.05) is 0 Å². The molecule has 0 aromatic carbocycles. The first-order chi connectivity index (χ1) is 3.29. The van der Waals surface area contributed by atoms with Gasteiger partial charge < -0.3 is 5.11 Å². The maximum Gasteiger partial charge on any atom is 0.0549 e. The molecule has 1 rings (SSSR count). The first-order valence-electron chi connectivity index (χ1n) is 2.65. The van der Waals surface area contributed by atoms with Crippen molar-refractivity contribution in [1.29, 1.82) is 0 Å². The quantitative estimate of drug-likeness (QED) is 0.512. The van der Waals surface area contributed by atoms with E-state index in [-0.39, 0.29) is 6.10 Å². The fourth-order valence-electron chi connectivity index (χ4n) is 0.618. The molecule has 40 valence electrons. The Hall–Kier alpha value is -0.300. The third kappa shape index (κ3) is 1.74. The van der Waals surface area contributed by atoms with Crippen LogP contribution in [0.4, 0.5) is 0 Å². The number of rotatable bonds is 2. The van der Waals surface area contributed by atoms with Crippen LogP contribution >= 0.6 is 0 Å². The molecular formula is C6H10O. The summed E-state index contributed by atoms with van der Waals surface area (Å²) in [6, 6.07) is 0. The smallest absolute Gasteiger partial charge is 0.0549 e. The molecule has 1 unspecified atom stereocenters. The highest BCUT2D eigenvalue weighted by atomic mass is 16.3. The van der Waals surface area contributed by atoms with Crippen molar-refractivity contribution < 1.29 is 5.11 Å². The van der Waals surface area contributed by atoms with E-state index in [0.29, 0.717) is 0 Å². The Morgan fingerprint density at radius 3 is 2.71 bits per heavy atom. The van der Waals surface area contributed by atoms with Gasteiger partial charge in [-0.05, 0) is 19.8 Å². The zero-order valence-electron chi connectivity index (χ0n) is 4.52. The highest BCUT2D eigenvalue weighted by Crippen LogP contribution is 2.23. The Labute approximate surface area is 43.7 Å². The van der Waals surface area contributed by atoms with Crippen LogP contribution in [0.5, 0.6) is 0 Å². The van der Waals surface area contributed by atoms with Crippen LogP contribution in [0.25, 0.3) is 0 Å². The van der Waals surface area contributed by atoms with Crippen LogP contribution in [-0.2, 0) is 0 Å². The minimum atomic E-state index is -0.131. The lowest BCUT2D eigenvalue weighted by Crippen LogP contribution is -1.96. The Kier molecular flexibility index (Phi) is 1.15. The molecule has 0 bridgehead atoms. The standard InChI is InChI=1S/C6H10O/c1-5(7)4-6-2-3-6/h2,5,7H,3-4H2,1H3. The first kappa shape index (κ1) is 4.85. The lowest BCUT2D eigenvalue weighted by molar-refractivity contribution is 0.196. The number of hydrogen-bond donors (Lipinski definition) is 1. The molecule has 0 aliphatic heterocycles. The Morgan fingerprint density at radius 2 is 2.57 bits per heavy atom. The monoisotopic (exact) mass is 98.1 g/mol. The van der Waals surface area contributed by atoms with Gasteiger partial charge in [-0.3, -0.25) is 0 Å². The van der Waals surface area contributed by atoms with Crippen molar-refractivity contribution in [3.8, 4) is 0 Å². The lowest BCUT2D eigenvalue weighted by atomic mass is 10.2. The third-order valence-electron chi connectivity index (χ3n) is 1.05. The van der Waals surface area contributed by atoms with Gasteiger partial charge >= 0.3 is 0 Å². The third-order valence-corrected chi connectivity index (χ3v) is 1.05. The van der Waals surface area contributed by atoms with Gasteiger partial charge in [0.15, 0.2) is 0 Å². The van der Waals surface area contributed by atoms with Crippen molar-refractivity contribution in [2.75, 3.05) is 0 Å². The summed E-state index contributed by atoms with van der Waals surface area (Å²) < 4.78 is 0. The van der Waals surface area contributed by atoms with Crippen LogP contribution in [0.15, 0.2) is 11.6 Å². The van der Waals surface area contributed by atoms with E-state index in [9.17, 15) is 0 Å². The van der Waals surface area contributed by atoms with Crippen molar-refractivity contribution in [3.63, 3.8) is 0 Å². The highest BCUT2D eigenvalue weighted by molar-refractivity contribution is 5.21. The maximum absolute atomic E-state index is 8.72. The summed E-state index contributed by atoms with van der Waals surface area (Å²) in [4.78, 5) is 0. The predicted molar refractivity (Wildman–Crippen MR) is 29.0 cm³/mol. The molecule has 0 aromatic heterocycles. The molecule has 1 heteroatoms. The van der Waals surface area contributed by atoms with Gasteiger partial charge in [-0.15, -0.1) is 0 Å². The molecule has 0 aromatic rings. The Balaban J connectivity index is 2.09. The predicted octanol–water partition coefficient (Wildman–Crippen LogP) is 1.09. The van der Waals surface area contributed by atoms with Crippen LogP contribution in [0.1, 0.15) is 19.8 Å². The minimum Gasteiger partial charge on any atom is -0.393 e. The Morgan fingerprint density at radius 1 is 2.00 bits per heavy atom. The average Bonchev–Trinajstić information content (AvgIpc) is 2.17. The van der Waals surface area contributed by atoms with E-state index in [1.54, 1.807) is 0 Å². The fourth-order valence-corrected chi connectivity index (χ4v) is 0.618. The van der Waals surface area contributed by atoms with Crippen molar-refractivity contribution >= 4 is 0 Å². The van der Waals surface area contributed by atoms with Gasteiger partial charge in [0.25, 0.3) is 0 Å². The molecule has 0 amide bonds. The van der Waals surface area contributed by atoms with Crippen LogP contribution in [0.2, 0.25) is 0 Å². The van der Waals surface area contributed by atoms with Gasteiger partial charge in [-0.2, -0.15) is 0 Å². The van der Waals surface area contributed by atoms with Crippen LogP contribution in [-0.4, -0.2) is 11.2 Å². The van der Waals surface area contributed by atoms with E-state index in [1.165, 1.54) is 5.57 Å². The molecule has 0 fully saturated rings. The molecule has 0 spiro atoms. The molecular weight excluding hydrogens is 88.1 g/mol. The van der Waals surface area contributed by atoms with Crippen molar-refractivity contribution in [3.05, 3.63) is 11.6 Å². The molecule has 1 atom stereocenters. The van der Waals surface area contributed by atoms with E-state index in [0.717, 1.165) is 12.8 Å². The van der Waals surface area contributed by atoms with Crippen molar-refractivity contribution in [1.82, 2.24) is 0 Å². The van der Waals surface area contributed by atoms with E-state index < -0.39 is 0 Å². The summed E-state index contributed by atoms with van der Waals surface area (Å²) in [5, 5.41) is 8.72.